The zero-order chi connectivity index (χ0) is 21.5. The van der Waals surface area contributed by atoms with E-state index in [0.717, 1.165) is 10.9 Å². The fourth-order valence-electron chi connectivity index (χ4n) is 3.20. The van der Waals surface area contributed by atoms with Crippen LogP contribution in [0.15, 0.2) is 55.1 Å². The molecule has 0 radical (unpaired) electrons. The third kappa shape index (κ3) is 3.38. The number of aromatic nitrogens is 4. The normalized spacial score (nSPS) is 11.6. The maximum absolute atomic E-state index is 14.0. The van der Waals surface area contributed by atoms with Crippen LogP contribution in [0.5, 0.6) is 0 Å². The lowest BCUT2D eigenvalue weighted by molar-refractivity contribution is -0.143. The minimum atomic E-state index is -4.82. The molecular formula is C21H16F3N5O. The van der Waals surface area contributed by atoms with Crippen LogP contribution in [0.3, 0.4) is 0 Å². The van der Waals surface area contributed by atoms with Crippen molar-refractivity contribution in [3.8, 4) is 5.69 Å². The highest BCUT2D eigenvalue weighted by Gasteiger charge is 2.41. The SMILES string of the molecule is Cc1nccc(NC(=O)c2cnn(-c3cncc4ccccc34)c2C(F)(F)F)c1C. The third-order valence-electron chi connectivity index (χ3n) is 4.86. The Labute approximate surface area is 169 Å². The van der Waals surface area contributed by atoms with E-state index in [2.05, 4.69) is 20.4 Å². The summed E-state index contributed by atoms with van der Waals surface area (Å²) >= 11 is 0. The standard InChI is InChI=1S/C21H16F3N5O/c1-12-13(2)26-8-7-17(12)28-20(30)16-10-27-29(19(16)21(22,23)24)18-11-25-9-14-5-3-4-6-15(14)18/h3-11H,1-2H3,(H,26,28,30). The summed E-state index contributed by atoms with van der Waals surface area (Å²) in [6, 6.07) is 8.43. The Morgan fingerprint density at radius 2 is 1.83 bits per heavy atom. The molecule has 0 bridgehead atoms. The number of hydrogen-bond acceptors (Lipinski definition) is 4. The Bertz CT molecular complexity index is 1260. The molecule has 152 valence electrons. The average Bonchev–Trinajstić information content (AvgIpc) is 3.17. The van der Waals surface area contributed by atoms with Gasteiger partial charge >= 0.3 is 6.18 Å². The molecule has 0 atom stereocenters. The number of fused-ring (bicyclic) bond motifs is 1. The van der Waals surface area contributed by atoms with Crippen molar-refractivity contribution in [2.24, 2.45) is 0 Å². The summed E-state index contributed by atoms with van der Waals surface area (Å²) in [5.74, 6) is -0.907. The summed E-state index contributed by atoms with van der Waals surface area (Å²) in [4.78, 5) is 20.9. The minimum Gasteiger partial charge on any atom is -0.322 e. The van der Waals surface area contributed by atoms with Gasteiger partial charge in [0.25, 0.3) is 5.91 Å². The number of alkyl halides is 3. The molecule has 1 N–H and O–H groups in total. The van der Waals surface area contributed by atoms with E-state index in [9.17, 15) is 18.0 Å². The van der Waals surface area contributed by atoms with Crippen molar-refractivity contribution < 1.29 is 18.0 Å². The van der Waals surface area contributed by atoms with E-state index in [1.54, 1.807) is 44.3 Å². The highest BCUT2D eigenvalue weighted by Crippen LogP contribution is 2.35. The minimum absolute atomic E-state index is 0.135. The second kappa shape index (κ2) is 7.25. The van der Waals surface area contributed by atoms with Gasteiger partial charge in [-0.15, -0.1) is 0 Å². The lowest BCUT2D eigenvalue weighted by atomic mass is 10.1. The predicted octanol–water partition coefficient (Wildman–Crippen LogP) is 4.70. The van der Waals surface area contributed by atoms with Gasteiger partial charge in [0, 0.05) is 34.5 Å². The molecule has 4 aromatic rings. The molecule has 0 aliphatic heterocycles. The summed E-state index contributed by atoms with van der Waals surface area (Å²) < 4.78 is 42.7. The molecule has 30 heavy (non-hydrogen) atoms. The summed E-state index contributed by atoms with van der Waals surface area (Å²) in [5, 5.41) is 7.62. The van der Waals surface area contributed by atoms with E-state index in [-0.39, 0.29) is 5.69 Å². The number of pyridine rings is 2. The van der Waals surface area contributed by atoms with Gasteiger partial charge in [0.1, 0.15) is 0 Å². The van der Waals surface area contributed by atoms with E-state index in [1.807, 2.05) is 0 Å². The van der Waals surface area contributed by atoms with Crippen LogP contribution in [0.4, 0.5) is 18.9 Å². The summed E-state index contributed by atoms with van der Waals surface area (Å²) in [7, 11) is 0. The van der Waals surface area contributed by atoms with Crippen LogP contribution < -0.4 is 5.32 Å². The predicted molar refractivity (Wildman–Crippen MR) is 106 cm³/mol. The van der Waals surface area contributed by atoms with Gasteiger partial charge in [0.05, 0.1) is 23.6 Å². The van der Waals surface area contributed by atoms with Crippen LogP contribution in [0.2, 0.25) is 0 Å². The van der Waals surface area contributed by atoms with E-state index >= 15 is 0 Å². The number of nitrogens with one attached hydrogen (secondary N) is 1. The molecule has 0 aliphatic carbocycles. The molecule has 1 amide bonds. The highest BCUT2D eigenvalue weighted by atomic mass is 19.4. The van der Waals surface area contributed by atoms with Crippen LogP contribution in [0.1, 0.15) is 27.3 Å². The molecule has 4 rings (SSSR count). The molecule has 9 heteroatoms. The lowest BCUT2D eigenvalue weighted by Crippen LogP contribution is -2.21. The van der Waals surface area contributed by atoms with Crippen LogP contribution in [-0.2, 0) is 6.18 Å². The number of halogens is 3. The number of hydrogen-bond donors (Lipinski definition) is 1. The summed E-state index contributed by atoms with van der Waals surface area (Å²) in [6.07, 6.45) is 0.431. The van der Waals surface area contributed by atoms with Crippen LogP contribution in [0.25, 0.3) is 16.5 Å². The maximum Gasteiger partial charge on any atom is 0.434 e. The number of rotatable bonds is 3. The molecule has 3 heterocycles. The second-order valence-electron chi connectivity index (χ2n) is 6.72. The van der Waals surface area contributed by atoms with Crippen LogP contribution >= 0.6 is 0 Å². The van der Waals surface area contributed by atoms with E-state index in [0.29, 0.717) is 27.7 Å². The Morgan fingerprint density at radius 3 is 2.60 bits per heavy atom. The van der Waals surface area contributed by atoms with Gasteiger partial charge in [-0.3, -0.25) is 14.8 Å². The third-order valence-corrected chi connectivity index (χ3v) is 4.86. The maximum atomic E-state index is 14.0. The monoisotopic (exact) mass is 411 g/mol. The largest absolute Gasteiger partial charge is 0.434 e. The number of benzene rings is 1. The molecular weight excluding hydrogens is 395 g/mol. The number of amides is 1. The van der Waals surface area contributed by atoms with Gasteiger partial charge in [-0.05, 0) is 25.5 Å². The van der Waals surface area contributed by atoms with Gasteiger partial charge < -0.3 is 5.32 Å². The molecule has 0 spiro atoms. The smallest absolute Gasteiger partial charge is 0.322 e. The Kier molecular flexibility index (Phi) is 4.73. The molecule has 0 fully saturated rings. The molecule has 6 nitrogen and oxygen atoms in total. The van der Waals surface area contributed by atoms with Crippen molar-refractivity contribution in [3.63, 3.8) is 0 Å². The molecule has 0 saturated carbocycles. The Balaban J connectivity index is 1.84. The van der Waals surface area contributed by atoms with Gasteiger partial charge in [-0.2, -0.15) is 18.3 Å². The first-order valence-electron chi connectivity index (χ1n) is 8.99. The first-order valence-corrected chi connectivity index (χ1v) is 8.99. The topological polar surface area (TPSA) is 72.7 Å². The fraction of sp³-hybridized carbons (Fsp3) is 0.143. The molecule has 0 unspecified atom stereocenters. The highest BCUT2D eigenvalue weighted by molar-refractivity contribution is 6.05. The van der Waals surface area contributed by atoms with Crippen molar-refractivity contribution in [3.05, 3.63) is 77.6 Å². The number of anilines is 1. The van der Waals surface area contributed by atoms with Crippen molar-refractivity contribution in [2.75, 3.05) is 5.32 Å². The number of carbonyl (C=O) groups excluding carboxylic acids is 1. The van der Waals surface area contributed by atoms with Crippen molar-refractivity contribution in [1.29, 1.82) is 0 Å². The van der Waals surface area contributed by atoms with Crippen molar-refractivity contribution in [2.45, 2.75) is 20.0 Å². The molecule has 3 aromatic heterocycles. The second-order valence-corrected chi connectivity index (χ2v) is 6.72. The summed E-state index contributed by atoms with van der Waals surface area (Å²) in [5.41, 5.74) is 0.118. The van der Waals surface area contributed by atoms with E-state index in [4.69, 9.17) is 0 Å². The van der Waals surface area contributed by atoms with Gasteiger partial charge in [-0.1, -0.05) is 24.3 Å². The first-order chi connectivity index (χ1) is 14.3. The Hall–Kier alpha value is -3.75. The fourth-order valence-corrected chi connectivity index (χ4v) is 3.20. The van der Waals surface area contributed by atoms with Gasteiger partial charge in [-0.25, -0.2) is 4.68 Å². The molecule has 0 aliphatic rings. The van der Waals surface area contributed by atoms with Crippen LogP contribution in [-0.4, -0.2) is 25.7 Å². The van der Waals surface area contributed by atoms with Crippen molar-refractivity contribution >= 4 is 22.4 Å². The number of aryl methyl sites for hydroxylation is 1. The summed E-state index contributed by atoms with van der Waals surface area (Å²) in [6.45, 7) is 3.48. The lowest BCUT2D eigenvalue weighted by Gasteiger charge is -2.14. The van der Waals surface area contributed by atoms with Gasteiger partial charge in [0.15, 0.2) is 5.69 Å². The van der Waals surface area contributed by atoms with E-state index in [1.165, 1.54) is 18.5 Å². The zero-order valence-corrected chi connectivity index (χ0v) is 16.0. The molecule has 0 saturated heterocycles. The van der Waals surface area contributed by atoms with Crippen LogP contribution in [0, 0.1) is 13.8 Å². The number of carbonyl (C=O) groups is 1. The Morgan fingerprint density at radius 1 is 1.07 bits per heavy atom. The van der Waals surface area contributed by atoms with E-state index < -0.39 is 23.3 Å². The van der Waals surface area contributed by atoms with Crippen molar-refractivity contribution in [1.82, 2.24) is 19.7 Å². The quantitative estimate of drug-likeness (QED) is 0.530. The zero-order valence-electron chi connectivity index (χ0n) is 16.0. The van der Waals surface area contributed by atoms with Gasteiger partial charge in [0.2, 0.25) is 0 Å². The average molecular weight is 411 g/mol. The number of nitrogens with zero attached hydrogens (tertiary/aromatic N) is 4. The first kappa shape index (κ1) is 19.6. The molecule has 1 aromatic carbocycles.